The molecule has 0 atom stereocenters. The number of aromatic nitrogens is 2. The molecule has 1 aromatic heterocycles. The van der Waals surface area contributed by atoms with Crippen LogP contribution in [-0.4, -0.2) is 31.0 Å². The highest BCUT2D eigenvalue weighted by Gasteiger charge is 2.17. The van der Waals surface area contributed by atoms with Crippen molar-refractivity contribution in [1.82, 2.24) is 9.97 Å². The lowest BCUT2D eigenvalue weighted by Gasteiger charge is -2.20. The molecular formula is C9H13BN2O. The van der Waals surface area contributed by atoms with Crippen molar-refractivity contribution in [3.05, 3.63) is 18.2 Å². The number of ether oxygens (including phenoxy) is 1. The maximum absolute atomic E-state index is 5.29. The monoisotopic (exact) mass is 176 g/mol. The Morgan fingerprint density at radius 1 is 1.23 bits per heavy atom. The number of hydrogen-bond acceptors (Lipinski definition) is 3. The van der Waals surface area contributed by atoms with Crippen molar-refractivity contribution in [1.29, 1.82) is 0 Å². The average molecular weight is 176 g/mol. The van der Waals surface area contributed by atoms with E-state index in [1.54, 1.807) is 0 Å². The van der Waals surface area contributed by atoms with E-state index in [1.165, 1.54) is 0 Å². The second-order valence-corrected chi connectivity index (χ2v) is 3.51. The van der Waals surface area contributed by atoms with Crippen molar-refractivity contribution in [2.24, 2.45) is 0 Å². The molecular weight excluding hydrogens is 163 g/mol. The Labute approximate surface area is 79.0 Å². The molecule has 4 heteroatoms. The van der Waals surface area contributed by atoms with Crippen LogP contribution in [0.25, 0.3) is 0 Å². The van der Waals surface area contributed by atoms with Crippen molar-refractivity contribution in [3.63, 3.8) is 0 Å². The lowest BCUT2D eigenvalue weighted by atomic mass is 9.98. The van der Waals surface area contributed by atoms with E-state index in [0.29, 0.717) is 5.92 Å². The van der Waals surface area contributed by atoms with Crippen LogP contribution in [-0.2, 0) is 4.74 Å². The quantitative estimate of drug-likeness (QED) is 0.547. The minimum Gasteiger partial charge on any atom is -0.381 e. The summed E-state index contributed by atoms with van der Waals surface area (Å²) in [6.45, 7) is 1.70. The molecule has 13 heavy (non-hydrogen) atoms. The first-order valence-corrected chi connectivity index (χ1v) is 4.72. The van der Waals surface area contributed by atoms with Crippen LogP contribution < -0.4 is 5.46 Å². The molecule has 0 spiro atoms. The fourth-order valence-electron chi connectivity index (χ4n) is 1.57. The van der Waals surface area contributed by atoms with Crippen LogP contribution in [0.3, 0.4) is 0 Å². The molecule has 1 aliphatic rings. The van der Waals surface area contributed by atoms with E-state index >= 15 is 0 Å². The van der Waals surface area contributed by atoms with Gasteiger partial charge in [0.15, 0.2) is 0 Å². The Bertz CT molecular complexity index is 269. The van der Waals surface area contributed by atoms with Crippen LogP contribution in [0.2, 0.25) is 0 Å². The van der Waals surface area contributed by atoms with Gasteiger partial charge in [-0.2, -0.15) is 0 Å². The van der Waals surface area contributed by atoms with E-state index in [4.69, 9.17) is 4.74 Å². The lowest BCUT2D eigenvalue weighted by Crippen LogP contribution is -2.17. The molecule has 0 unspecified atom stereocenters. The molecule has 3 nitrogen and oxygen atoms in total. The zero-order valence-corrected chi connectivity index (χ0v) is 7.86. The van der Waals surface area contributed by atoms with E-state index in [1.807, 2.05) is 20.2 Å². The molecule has 1 saturated heterocycles. The van der Waals surface area contributed by atoms with Crippen molar-refractivity contribution < 1.29 is 4.74 Å². The molecule has 0 saturated carbocycles. The van der Waals surface area contributed by atoms with Gasteiger partial charge in [-0.3, -0.25) is 0 Å². The van der Waals surface area contributed by atoms with Crippen LogP contribution in [0.15, 0.2) is 12.4 Å². The van der Waals surface area contributed by atoms with Crippen molar-refractivity contribution in [2.45, 2.75) is 18.8 Å². The first-order valence-electron chi connectivity index (χ1n) is 4.72. The number of hydrogen-bond donors (Lipinski definition) is 0. The van der Waals surface area contributed by atoms with Gasteiger partial charge in [-0.05, 0) is 12.8 Å². The Balaban J connectivity index is 2.10. The minimum atomic E-state index is 0.509. The Morgan fingerprint density at radius 3 is 2.46 bits per heavy atom. The fraction of sp³-hybridized carbons (Fsp3) is 0.556. The zero-order valence-electron chi connectivity index (χ0n) is 7.86. The summed E-state index contributed by atoms with van der Waals surface area (Å²) in [5.74, 6) is 1.49. The van der Waals surface area contributed by atoms with Crippen molar-refractivity contribution in [2.75, 3.05) is 13.2 Å². The van der Waals surface area contributed by atoms with Gasteiger partial charge in [-0.15, -0.1) is 0 Å². The molecule has 1 fully saturated rings. The summed E-state index contributed by atoms with van der Waals surface area (Å²) in [7, 11) is 2.01. The third-order valence-electron chi connectivity index (χ3n) is 2.39. The van der Waals surface area contributed by atoms with Gasteiger partial charge in [0.25, 0.3) is 0 Å². The number of rotatable bonds is 1. The molecule has 0 radical (unpaired) electrons. The largest absolute Gasteiger partial charge is 0.381 e. The van der Waals surface area contributed by atoms with Crippen LogP contribution in [0.4, 0.5) is 0 Å². The second kappa shape index (κ2) is 3.88. The van der Waals surface area contributed by atoms with Gasteiger partial charge < -0.3 is 4.74 Å². The molecule has 1 aliphatic heterocycles. The molecule has 0 N–H and O–H groups in total. The van der Waals surface area contributed by atoms with Gasteiger partial charge >= 0.3 is 0 Å². The van der Waals surface area contributed by atoms with E-state index in [-0.39, 0.29) is 0 Å². The van der Waals surface area contributed by atoms with Crippen LogP contribution in [0.1, 0.15) is 24.6 Å². The molecule has 0 aromatic carbocycles. The molecule has 2 heterocycles. The second-order valence-electron chi connectivity index (χ2n) is 3.51. The SMILES string of the molecule is Bc1cnc(C2CCOCC2)nc1. The number of nitrogens with zero attached hydrogens (tertiary/aromatic N) is 2. The molecule has 0 amide bonds. The standard InChI is InChI=1S/C9H13BN2O/c10-8-5-11-9(12-6-8)7-1-3-13-4-2-7/h5-7H,1-4,10H2. The summed E-state index contributed by atoms with van der Waals surface area (Å²) in [6.07, 6.45) is 5.89. The summed E-state index contributed by atoms with van der Waals surface area (Å²) in [5.41, 5.74) is 1.12. The van der Waals surface area contributed by atoms with Gasteiger partial charge in [-0.25, -0.2) is 9.97 Å². The van der Waals surface area contributed by atoms with Crippen LogP contribution >= 0.6 is 0 Å². The van der Waals surface area contributed by atoms with Gasteiger partial charge in [0.1, 0.15) is 13.7 Å². The Kier molecular flexibility index (Phi) is 2.59. The van der Waals surface area contributed by atoms with Gasteiger partial charge in [0.2, 0.25) is 0 Å². The lowest BCUT2D eigenvalue weighted by molar-refractivity contribution is 0.0836. The Hall–Kier alpha value is -0.895. The fourth-order valence-corrected chi connectivity index (χ4v) is 1.57. The first-order chi connectivity index (χ1) is 6.36. The maximum atomic E-state index is 5.29. The highest BCUT2D eigenvalue weighted by Crippen LogP contribution is 2.22. The summed E-state index contributed by atoms with van der Waals surface area (Å²) >= 11 is 0. The molecule has 1 aromatic rings. The summed E-state index contributed by atoms with van der Waals surface area (Å²) in [5, 5.41) is 0. The van der Waals surface area contributed by atoms with E-state index in [2.05, 4.69) is 9.97 Å². The predicted octanol–water partition coefficient (Wildman–Crippen LogP) is -0.371. The van der Waals surface area contributed by atoms with Gasteiger partial charge in [0.05, 0.1) is 0 Å². The topological polar surface area (TPSA) is 35.0 Å². The highest BCUT2D eigenvalue weighted by atomic mass is 16.5. The molecule has 2 rings (SSSR count). The van der Waals surface area contributed by atoms with Crippen LogP contribution in [0.5, 0.6) is 0 Å². The summed E-state index contributed by atoms with van der Waals surface area (Å²) in [6, 6.07) is 0. The molecule has 68 valence electrons. The predicted molar refractivity (Wildman–Crippen MR) is 53.0 cm³/mol. The average Bonchev–Trinajstić information content (AvgIpc) is 2.20. The normalized spacial score (nSPS) is 18.8. The molecule has 0 bridgehead atoms. The van der Waals surface area contributed by atoms with Crippen molar-refractivity contribution >= 4 is 13.3 Å². The zero-order chi connectivity index (χ0) is 9.10. The maximum Gasteiger partial charge on any atom is 0.143 e. The third kappa shape index (κ3) is 2.07. The Morgan fingerprint density at radius 2 is 1.85 bits per heavy atom. The first kappa shape index (κ1) is 8.69. The van der Waals surface area contributed by atoms with Crippen molar-refractivity contribution in [3.8, 4) is 0 Å². The highest BCUT2D eigenvalue weighted by molar-refractivity contribution is 6.31. The summed E-state index contributed by atoms with van der Waals surface area (Å²) < 4.78 is 5.29. The van der Waals surface area contributed by atoms with E-state index < -0.39 is 0 Å². The van der Waals surface area contributed by atoms with E-state index in [9.17, 15) is 0 Å². The van der Waals surface area contributed by atoms with Gasteiger partial charge in [0, 0.05) is 31.5 Å². The summed E-state index contributed by atoms with van der Waals surface area (Å²) in [4.78, 5) is 8.67. The van der Waals surface area contributed by atoms with Crippen LogP contribution in [0, 0.1) is 0 Å². The molecule has 0 aliphatic carbocycles. The minimum absolute atomic E-state index is 0.509. The third-order valence-corrected chi connectivity index (χ3v) is 2.39. The van der Waals surface area contributed by atoms with E-state index in [0.717, 1.165) is 37.3 Å². The van der Waals surface area contributed by atoms with Gasteiger partial charge in [-0.1, -0.05) is 5.46 Å². The smallest absolute Gasteiger partial charge is 0.143 e.